The Morgan fingerprint density at radius 1 is 0.773 bits per heavy atom. The molecule has 5 aliphatic carbocycles. The molecule has 0 amide bonds. The largest absolute Gasteiger partial charge is 0.392 e. The molecule has 2 fully saturated rings. The molecule has 6 aliphatic rings. The molecule has 0 spiro atoms. The highest BCUT2D eigenvalue weighted by Crippen LogP contribution is 2.76. The van der Waals surface area contributed by atoms with Gasteiger partial charge in [0.05, 0.1) is 10.8 Å². The first-order valence-electron chi connectivity index (χ1n) is 8.81. The summed E-state index contributed by atoms with van der Waals surface area (Å²) in [5.74, 6) is 2.74. The van der Waals surface area contributed by atoms with E-state index in [1.807, 2.05) is 0 Å². The number of allylic oxidation sites excluding steroid dienone is 4. The Balaban J connectivity index is 1.62. The van der Waals surface area contributed by atoms with Crippen molar-refractivity contribution in [3.63, 3.8) is 0 Å². The van der Waals surface area contributed by atoms with E-state index in [1.165, 1.54) is 19.3 Å². The molecule has 0 aromatic carbocycles. The lowest BCUT2D eigenvalue weighted by Crippen LogP contribution is -2.55. The van der Waals surface area contributed by atoms with E-state index < -0.39 is 10.8 Å². The zero-order valence-corrected chi connectivity index (χ0v) is 12.5. The predicted molar refractivity (Wildman–Crippen MR) is 76.3 cm³/mol. The minimum atomic E-state index is -0.524. The third-order valence-electron chi connectivity index (χ3n) is 8.76. The quantitative estimate of drug-likeness (QED) is 0.392. The second-order valence-corrected chi connectivity index (χ2v) is 8.99. The molecule has 2 bridgehead atoms. The molecule has 112 valence electrons. The summed E-state index contributed by atoms with van der Waals surface area (Å²) in [4.78, 5) is 25.5. The number of esters is 2. The monoisotopic (exact) mass is 294 g/mol. The summed E-state index contributed by atoms with van der Waals surface area (Å²) in [5, 5.41) is 0. The van der Waals surface area contributed by atoms with Crippen LogP contribution in [0.3, 0.4) is 0 Å². The predicted octanol–water partition coefficient (Wildman–Crippen LogP) is 2.91. The maximum atomic E-state index is 12.8. The van der Waals surface area contributed by atoms with Gasteiger partial charge < -0.3 is 4.74 Å². The number of ether oxygens (including phenoxy) is 1. The summed E-state index contributed by atoms with van der Waals surface area (Å²) in [7, 11) is 0. The third-order valence-corrected chi connectivity index (χ3v) is 8.76. The van der Waals surface area contributed by atoms with E-state index in [4.69, 9.17) is 4.74 Å². The highest BCUT2D eigenvalue weighted by Gasteiger charge is 2.75. The molecule has 1 heterocycles. The second-order valence-electron chi connectivity index (χ2n) is 8.99. The average Bonchev–Trinajstić information content (AvgIpc) is 3.06. The van der Waals surface area contributed by atoms with Gasteiger partial charge >= 0.3 is 11.9 Å². The van der Waals surface area contributed by atoms with Crippen molar-refractivity contribution in [3.8, 4) is 0 Å². The first kappa shape index (κ1) is 11.2. The van der Waals surface area contributed by atoms with E-state index in [0.717, 1.165) is 49.4 Å². The Morgan fingerprint density at radius 3 is 1.77 bits per heavy atom. The zero-order valence-electron chi connectivity index (χ0n) is 12.5. The van der Waals surface area contributed by atoms with Crippen LogP contribution in [0.5, 0.6) is 0 Å². The number of carbonyl (C=O) groups is 2. The molecule has 6 atom stereocenters. The van der Waals surface area contributed by atoms with Crippen molar-refractivity contribution in [1.29, 1.82) is 0 Å². The Labute approximate surface area is 128 Å². The smallest absolute Gasteiger partial charge is 0.321 e. The minimum Gasteiger partial charge on any atom is -0.392 e. The number of cyclic esters (lactones) is 2. The standard InChI is InChI=1S/C19H18O3/c20-16-18-4-8-1-10-11-2-9(8)5-19(18,17(21)22-16)7-15-13(11)3-12(10)14(15)6-18/h10-13H,1-7H2. The fourth-order valence-corrected chi connectivity index (χ4v) is 7.97. The first-order valence-corrected chi connectivity index (χ1v) is 8.81. The molecule has 1 saturated carbocycles. The topological polar surface area (TPSA) is 43.4 Å². The van der Waals surface area contributed by atoms with Gasteiger partial charge in [-0.1, -0.05) is 22.3 Å². The van der Waals surface area contributed by atoms with Gasteiger partial charge in [0.2, 0.25) is 0 Å². The lowest BCUT2D eigenvalue weighted by atomic mass is 9.43. The van der Waals surface area contributed by atoms with Crippen molar-refractivity contribution < 1.29 is 14.3 Å². The normalized spacial score (nSPS) is 55.5. The van der Waals surface area contributed by atoms with Gasteiger partial charge in [-0.25, -0.2) is 0 Å². The number of hydrogen-bond acceptors (Lipinski definition) is 3. The van der Waals surface area contributed by atoms with Gasteiger partial charge in [-0.05, 0) is 68.6 Å². The molecule has 22 heavy (non-hydrogen) atoms. The number of fused-ring (bicyclic) bond motifs is 7. The minimum absolute atomic E-state index is 0.195. The van der Waals surface area contributed by atoms with Gasteiger partial charge in [0.1, 0.15) is 0 Å². The summed E-state index contributed by atoms with van der Waals surface area (Å²) < 4.78 is 5.29. The maximum Gasteiger partial charge on any atom is 0.321 e. The van der Waals surface area contributed by atoms with Crippen LogP contribution in [0.2, 0.25) is 0 Å². The number of rotatable bonds is 0. The van der Waals surface area contributed by atoms with Crippen LogP contribution < -0.4 is 0 Å². The van der Waals surface area contributed by atoms with Gasteiger partial charge in [0.15, 0.2) is 0 Å². The summed E-state index contributed by atoms with van der Waals surface area (Å²) >= 11 is 0. The molecular formula is C19H18O3. The molecule has 1 saturated heterocycles. The van der Waals surface area contributed by atoms with Gasteiger partial charge in [-0.15, -0.1) is 0 Å². The second kappa shape index (κ2) is 2.88. The maximum absolute atomic E-state index is 12.8. The van der Waals surface area contributed by atoms with E-state index in [2.05, 4.69) is 0 Å². The van der Waals surface area contributed by atoms with Gasteiger partial charge in [-0.3, -0.25) is 9.59 Å². The first-order chi connectivity index (χ1) is 10.6. The van der Waals surface area contributed by atoms with E-state index in [-0.39, 0.29) is 11.9 Å². The van der Waals surface area contributed by atoms with Crippen LogP contribution in [-0.2, 0) is 14.3 Å². The molecule has 0 radical (unpaired) electrons. The van der Waals surface area contributed by atoms with E-state index >= 15 is 0 Å². The van der Waals surface area contributed by atoms with Crippen LogP contribution in [0, 0.1) is 34.5 Å². The summed E-state index contributed by atoms with van der Waals surface area (Å²) in [6.07, 6.45) is 7.06. The van der Waals surface area contributed by atoms with Crippen LogP contribution in [-0.4, -0.2) is 11.9 Å². The lowest BCUT2D eigenvalue weighted by Gasteiger charge is -2.57. The molecule has 1 aliphatic heterocycles. The number of carbonyl (C=O) groups excluding carboxylic acids is 2. The van der Waals surface area contributed by atoms with Gasteiger partial charge in [0.25, 0.3) is 0 Å². The van der Waals surface area contributed by atoms with E-state index in [1.54, 1.807) is 22.3 Å². The highest BCUT2D eigenvalue weighted by atomic mass is 16.6. The summed E-state index contributed by atoms with van der Waals surface area (Å²) in [6.45, 7) is 0. The molecule has 6 unspecified atom stereocenters. The van der Waals surface area contributed by atoms with Crippen LogP contribution in [0.25, 0.3) is 0 Å². The van der Waals surface area contributed by atoms with E-state index in [9.17, 15) is 9.59 Å². The average molecular weight is 294 g/mol. The van der Waals surface area contributed by atoms with E-state index in [0.29, 0.717) is 0 Å². The van der Waals surface area contributed by atoms with Crippen molar-refractivity contribution >= 4 is 11.9 Å². The van der Waals surface area contributed by atoms with Crippen LogP contribution in [0.15, 0.2) is 22.3 Å². The van der Waals surface area contributed by atoms with Crippen LogP contribution >= 0.6 is 0 Å². The van der Waals surface area contributed by atoms with Gasteiger partial charge in [-0.2, -0.15) is 0 Å². The molecule has 0 aromatic heterocycles. The van der Waals surface area contributed by atoms with Crippen LogP contribution in [0.1, 0.15) is 44.9 Å². The van der Waals surface area contributed by atoms with Gasteiger partial charge in [0, 0.05) is 0 Å². The zero-order chi connectivity index (χ0) is 14.4. The van der Waals surface area contributed by atoms with Crippen LogP contribution in [0.4, 0.5) is 0 Å². The Kier molecular flexibility index (Phi) is 1.47. The number of hydrogen-bond donors (Lipinski definition) is 0. The Bertz CT molecular complexity index is 725. The Hall–Kier alpha value is -1.38. The molecule has 6 rings (SSSR count). The Morgan fingerprint density at radius 2 is 1.27 bits per heavy atom. The van der Waals surface area contributed by atoms with Crippen molar-refractivity contribution in [2.24, 2.45) is 34.5 Å². The summed E-state index contributed by atoms with van der Waals surface area (Å²) in [6, 6.07) is 0. The van der Waals surface area contributed by atoms with Crippen molar-refractivity contribution in [3.05, 3.63) is 22.3 Å². The van der Waals surface area contributed by atoms with Crippen molar-refractivity contribution in [1.82, 2.24) is 0 Å². The van der Waals surface area contributed by atoms with Crippen molar-refractivity contribution in [2.45, 2.75) is 44.9 Å². The fourth-order valence-electron chi connectivity index (χ4n) is 7.97. The van der Waals surface area contributed by atoms with Crippen molar-refractivity contribution in [2.75, 3.05) is 0 Å². The fraction of sp³-hybridized carbons (Fsp3) is 0.684. The molecule has 0 aromatic rings. The lowest BCUT2D eigenvalue weighted by molar-refractivity contribution is -0.155. The molecule has 0 N–H and O–H groups in total. The molecule has 3 nitrogen and oxygen atoms in total. The third kappa shape index (κ3) is 0.827. The SMILES string of the molecule is O=C1OC(=O)C23CC4=C5CC6C7CC(C(=C7CC12C5)C3)C6C4. The highest BCUT2D eigenvalue weighted by molar-refractivity contribution is 6.03. The molecule has 3 heteroatoms. The summed E-state index contributed by atoms with van der Waals surface area (Å²) in [5.41, 5.74) is 5.22. The molecular weight excluding hydrogens is 276 g/mol.